The first-order valence-electron chi connectivity index (χ1n) is 4.62. The van der Waals surface area contributed by atoms with Gasteiger partial charge in [-0.15, -0.1) is 0 Å². The van der Waals surface area contributed by atoms with Gasteiger partial charge in [-0.2, -0.15) is 0 Å². The molecule has 0 aliphatic rings. The number of carboxylic acid groups (broad SMARTS) is 1. The minimum Gasteiger partial charge on any atom is -0.479 e. The number of anilines is 3. The number of nitrogens with zero attached hydrogens (tertiary/aromatic N) is 2. The van der Waals surface area contributed by atoms with Gasteiger partial charge in [-0.1, -0.05) is 0 Å². The molecule has 1 aromatic heterocycles. The van der Waals surface area contributed by atoms with Crippen LogP contribution in [0.1, 0.15) is 0 Å². The van der Waals surface area contributed by atoms with E-state index in [1.54, 1.807) is 0 Å². The zero-order valence-corrected chi connectivity index (χ0v) is 8.74. The Kier molecular flexibility index (Phi) is 4.01. The predicted octanol–water partition coefficient (Wildman–Crippen LogP) is -2.14. The Morgan fingerprint density at radius 3 is 2.65 bits per heavy atom. The topological polar surface area (TPSA) is 168 Å². The molecule has 0 fully saturated rings. The number of nitrogens with two attached hydrogens (primary N) is 2. The Morgan fingerprint density at radius 1 is 1.41 bits per heavy atom. The zero-order chi connectivity index (χ0) is 13.0. The Hall–Kier alpha value is -2.13. The zero-order valence-electron chi connectivity index (χ0n) is 8.74. The summed E-state index contributed by atoms with van der Waals surface area (Å²) in [6, 6.07) is 0. The summed E-state index contributed by atoms with van der Waals surface area (Å²) in [5.41, 5.74) is 11.0. The van der Waals surface area contributed by atoms with Crippen LogP contribution in [0.25, 0.3) is 0 Å². The van der Waals surface area contributed by atoms with Crippen LogP contribution in [0.4, 0.5) is 17.3 Å². The van der Waals surface area contributed by atoms with Crippen molar-refractivity contribution in [1.29, 1.82) is 0 Å². The molecule has 0 bridgehead atoms. The van der Waals surface area contributed by atoms with Gasteiger partial charge in [0.2, 0.25) is 0 Å². The molecular weight excluding hydrogens is 230 g/mol. The van der Waals surface area contributed by atoms with Crippen molar-refractivity contribution in [3.63, 3.8) is 0 Å². The fourth-order valence-corrected chi connectivity index (χ4v) is 1.03. The van der Waals surface area contributed by atoms with E-state index in [-0.39, 0.29) is 23.9 Å². The van der Waals surface area contributed by atoms with Gasteiger partial charge in [-0.25, -0.2) is 14.8 Å². The number of aliphatic hydroxyl groups is 2. The van der Waals surface area contributed by atoms with Crippen molar-refractivity contribution in [2.45, 2.75) is 12.2 Å². The molecule has 2 atom stereocenters. The number of rotatable bonds is 5. The van der Waals surface area contributed by atoms with E-state index in [1.165, 1.54) is 0 Å². The molecule has 0 amide bonds. The van der Waals surface area contributed by atoms with Crippen LogP contribution in [-0.4, -0.2) is 50.0 Å². The average molecular weight is 243 g/mol. The lowest BCUT2D eigenvalue weighted by Crippen LogP contribution is -2.38. The lowest BCUT2D eigenvalue weighted by molar-refractivity contribution is -0.152. The first-order valence-corrected chi connectivity index (χ1v) is 4.62. The Labute approximate surface area is 96.1 Å². The van der Waals surface area contributed by atoms with Crippen LogP contribution in [0.2, 0.25) is 0 Å². The molecule has 0 radical (unpaired) electrons. The van der Waals surface area contributed by atoms with E-state index < -0.39 is 18.2 Å². The van der Waals surface area contributed by atoms with E-state index in [1.807, 2.05) is 0 Å². The summed E-state index contributed by atoms with van der Waals surface area (Å²) in [6.07, 6.45) is -2.22. The number of aliphatic hydroxyl groups excluding tert-OH is 2. The van der Waals surface area contributed by atoms with Crippen molar-refractivity contribution in [1.82, 2.24) is 9.97 Å². The Balaban J connectivity index is 2.62. The number of nitrogens with one attached hydrogen (secondary N) is 1. The first-order chi connectivity index (χ1) is 7.93. The van der Waals surface area contributed by atoms with Crippen molar-refractivity contribution < 1.29 is 20.1 Å². The summed E-state index contributed by atoms with van der Waals surface area (Å²) >= 11 is 0. The summed E-state index contributed by atoms with van der Waals surface area (Å²) in [5.74, 6) is -1.29. The number of carbonyl (C=O) groups is 1. The molecule has 2 unspecified atom stereocenters. The predicted molar refractivity (Wildman–Crippen MR) is 59.0 cm³/mol. The Morgan fingerprint density at radius 2 is 2.06 bits per heavy atom. The number of nitrogen functional groups attached to an aromatic ring is 2. The van der Waals surface area contributed by atoms with Gasteiger partial charge in [0, 0.05) is 6.54 Å². The maximum atomic E-state index is 10.4. The smallest absolute Gasteiger partial charge is 0.335 e. The van der Waals surface area contributed by atoms with Crippen LogP contribution >= 0.6 is 0 Å². The van der Waals surface area contributed by atoms with E-state index in [4.69, 9.17) is 21.7 Å². The van der Waals surface area contributed by atoms with Crippen LogP contribution in [-0.2, 0) is 4.79 Å². The maximum absolute atomic E-state index is 10.4. The van der Waals surface area contributed by atoms with Gasteiger partial charge in [0.15, 0.2) is 17.7 Å². The minimum atomic E-state index is -1.89. The molecule has 0 saturated carbocycles. The highest BCUT2D eigenvalue weighted by Crippen LogP contribution is 2.18. The van der Waals surface area contributed by atoms with Gasteiger partial charge in [0.1, 0.15) is 18.1 Å². The van der Waals surface area contributed by atoms with Crippen LogP contribution in [0.5, 0.6) is 0 Å². The molecule has 0 aliphatic carbocycles. The monoisotopic (exact) mass is 243 g/mol. The van der Waals surface area contributed by atoms with Crippen molar-refractivity contribution in [3.8, 4) is 0 Å². The fraction of sp³-hybridized carbons (Fsp3) is 0.375. The summed E-state index contributed by atoms with van der Waals surface area (Å²) < 4.78 is 0. The SMILES string of the molecule is Nc1ncnc(NCC(O)C(O)C(=O)O)c1N. The van der Waals surface area contributed by atoms with E-state index in [2.05, 4.69) is 15.3 Å². The summed E-state index contributed by atoms with van der Waals surface area (Å²) in [5, 5.41) is 29.3. The molecule has 0 saturated heterocycles. The van der Waals surface area contributed by atoms with Crippen molar-refractivity contribution in [2.75, 3.05) is 23.3 Å². The highest BCUT2D eigenvalue weighted by Gasteiger charge is 2.23. The fourth-order valence-electron chi connectivity index (χ4n) is 1.03. The van der Waals surface area contributed by atoms with Crippen molar-refractivity contribution in [2.24, 2.45) is 0 Å². The highest BCUT2D eigenvalue weighted by molar-refractivity contribution is 5.73. The van der Waals surface area contributed by atoms with Crippen molar-refractivity contribution in [3.05, 3.63) is 6.33 Å². The molecule has 0 aromatic carbocycles. The van der Waals surface area contributed by atoms with E-state index in [0.717, 1.165) is 6.33 Å². The molecule has 94 valence electrons. The molecule has 0 spiro atoms. The third-order valence-corrected chi connectivity index (χ3v) is 2.01. The quantitative estimate of drug-likeness (QED) is 0.338. The van der Waals surface area contributed by atoms with E-state index >= 15 is 0 Å². The molecule has 9 nitrogen and oxygen atoms in total. The second-order valence-corrected chi connectivity index (χ2v) is 3.25. The van der Waals surface area contributed by atoms with Gasteiger partial charge in [0.25, 0.3) is 0 Å². The molecule has 9 heteroatoms. The van der Waals surface area contributed by atoms with Crippen LogP contribution < -0.4 is 16.8 Å². The molecule has 17 heavy (non-hydrogen) atoms. The van der Waals surface area contributed by atoms with Crippen molar-refractivity contribution >= 4 is 23.3 Å². The Bertz CT molecular complexity index is 413. The molecule has 0 aliphatic heterocycles. The maximum Gasteiger partial charge on any atom is 0.335 e. The second kappa shape index (κ2) is 5.27. The van der Waals surface area contributed by atoms with E-state index in [9.17, 15) is 9.90 Å². The lowest BCUT2D eigenvalue weighted by atomic mass is 10.2. The van der Waals surface area contributed by atoms with Gasteiger partial charge >= 0.3 is 5.97 Å². The normalized spacial score (nSPS) is 14.0. The van der Waals surface area contributed by atoms with Crippen LogP contribution in [0, 0.1) is 0 Å². The number of aliphatic carboxylic acids is 1. The van der Waals surface area contributed by atoms with E-state index in [0.29, 0.717) is 0 Å². The van der Waals surface area contributed by atoms with Crippen LogP contribution in [0.3, 0.4) is 0 Å². The number of carboxylic acids is 1. The van der Waals surface area contributed by atoms with Gasteiger partial charge in [-0.05, 0) is 0 Å². The third kappa shape index (κ3) is 3.16. The van der Waals surface area contributed by atoms with Gasteiger partial charge < -0.3 is 32.1 Å². The number of hydrogen-bond donors (Lipinski definition) is 6. The standard InChI is InChI=1S/C8H13N5O4/c9-4-6(10)12-2-13-7(4)11-1-3(14)5(15)8(16)17/h2-3,5,14-15H,1,9H2,(H,16,17)(H3,10,11,12,13). The minimum absolute atomic E-state index is 0.0655. The van der Waals surface area contributed by atoms with Gasteiger partial charge in [0.05, 0.1) is 0 Å². The average Bonchev–Trinajstić information content (AvgIpc) is 2.29. The summed E-state index contributed by atoms with van der Waals surface area (Å²) in [7, 11) is 0. The van der Waals surface area contributed by atoms with Gasteiger partial charge in [-0.3, -0.25) is 0 Å². The van der Waals surface area contributed by atoms with Crippen LogP contribution in [0.15, 0.2) is 6.33 Å². The lowest BCUT2D eigenvalue weighted by Gasteiger charge is -2.15. The highest BCUT2D eigenvalue weighted by atomic mass is 16.4. The molecule has 1 rings (SSSR count). The largest absolute Gasteiger partial charge is 0.479 e. The number of aromatic nitrogens is 2. The summed E-state index contributed by atoms with van der Waals surface area (Å²) in [4.78, 5) is 17.7. The molecule has 1 aromatic rings. The second-order valence-electron chi connectivity index (χ2n) is 3.25. The molecule has 1 heterocycles. The number of hydrogen-bond acceptors (Lipinski definition) is 8. The summed E-state index contributed by atoms with van der Waals surface area (Å²) in [6.45, 7) is -0.242. The third-order valence-electron chi connectivity index (χ3n) is 2.01. The first kappa shape index (κ1) is 12.9. The molecular formula is C8H13N5O4. The molecule has 8 N–H and O–H groups in total.